The summed E-state index contributed by atoms with van der Waals surface area (Å²) in [6.07, 6.45) is 0.429. The summed E-state index contributed by atoms with van der Waals surface area (Å²) in [7, 11) is 0. The molecule has 0 fully saturated rings. The van der Waals surface area contributed by atoms with E-state index >= 15 is 0 Å². The van der Waals surface area contributed by atoms with Crippen molar-refractivity contribution in [2.24, 2.45) is 0 Å². The summed E-state index contributed by atoms with van der Waals surface area (Å²) in [6, 6.07) is 0. The Labute approximate surface area is 62.7 Å². The summed E-state index contributed by atoms with van der Waals surface area (Å²) < 4.78 is 32.3. The molecule has 0 heterocycles. The van der Waals surface area contributed by atoms with Crippen molar-refractivity contribution < 1.29 is 18.4 Å². The lowest BCUT2D eigenvalue weighted by atomic mass is 10.2. The predicted octanol–water partition coefficient (Wildman–Crippen LogP) is 2.56. The molecule has 1 atom stereocenters. The molecule has 1 unspecified atom stereocenters. The molecule has 0 saturated carbocycles. The maximum absolute atomic E-state index is 12.7. The highest BCUT2D eigenvalue weighted by molar-refractivity contribution is 7.93. The highest BCUT2D eigenvalue weighted by atomic mass is 32.2. The molecule has 0 aliphatic rings. The highest BCUT2D eigenvalue weighted by Crippen LogP contribution is 2.24. The number of rotatable bonds is 5. The standard InChI is InChI=1S/C5H10F2O2S/c1-2-3-5(6,9-7)4-10-8/h8H,2-4H2,1H3. The largest absolute Gasteiger partial charge is 0.330 e. The van der Waals surface area contributed by atoms with E-state index in [2.05, 4.69) is 4.94 Å². The zero-order valence-electron chi connectivity index (χ0n) is 5.64. The van der Waals surface area contributed by atoms with E-state index in [-0.39, 0.29) is 18.5 Å². The van der Waals surface area contributed by atoms with Crippen molar-refractivity contribution in [2.45, 2.75) is 25.6 Å². The SMILES string of the molecule is CCCC(F)(CSO)OF. The molecule has 0 spiro atoms. The van der Waals surface area contributed by atoms with Crippen molar-refractivity contribution in [3.8, 4) is 0 Å². The third kappa shape index (κ3) is 3.34. The normalized spacial score (nSPS) is 16.8. The zero-order valence-corrected chi connectivity index (χ0v) is 6.46. The lowest BCUT2D eigenvalue weighted by Gasteiger charge is -2.16. The van der Waals surface area contributed by atoms with Crippen molar-refractivity contribution in [3.63, 3.8) is 0 Å². The average molecular weight is 172 g/mol. The van der Waals surface area contributed by atoms with Crippen LogP contribution in [0.15, 0.2) is 0 Å². The molecule has 0 aromatic heterocycles. The van der Waals surface area contributed by atoms with Gasteiger partial charge in [0.2, 0.25) is 0 Å². The molecule has 0 aromatic rings. The molecule has 10 heavy (non-hydrogen) atoms. The molecular weight excluding hydrogens is 162 g/mol. The first kappa shape index (κ1) is 10.1. The number of halogens is 2. The summed E-state index contributed by atoms with van der Waals surface area (Å²) in [6.45, 7) is 1.70. The van der Waals surface area contributed by atoms with Crippen LogP contribution in [-0.4, -0.2) is 16.2 Å². The third-order valence-corrected chi connectivity index (χ3v) is 1.60. The lowest BCUT2D eigenvalue weighted by molar-refractivity contribution is -0.284. The summed E-state index contributed by atoms with van der Waals surface area (Å²) in [5.41, 5.74) is 0. The van der Waals surface area contributed by atoms with Crippen molar-refractivity contribution in [3.05, 3.63) is 0 Å². The van der Waals surface area contributed by atoms with Crippen LogP contribution in [-0.2, 0) is 4.94 Å². The van der Waals surface area contributed by atoms with Gasteiger partial charge in [0.15, 0.2) is 0 Å². The monoisotopic (exact) mass is 172 g/mol. The third-order valence-electron chi connectivity index (χ3n) is 1.04. The van der Waals surface area contributed by atoms with Gasteiger partial charge in [-0.1, -0.05) is 13.3 Å². The van der Waals surface area contributed by atoms with Gasteiger partial charge in [-0.05, 0) is 16.6 Å². The van der Waals surface area contributed by atoms with Crippen LogP contribution in [0.3, 0.4) is 0 Å². The molecule has 62 valence electrons. The van der Waals surface area contributed by atoms with Crippen LogP contribution in [0.2, 0.25) is 0 Å². The van der Waals surface area contributed by atoms with E-state index in [4.69, 9.17) is 4.55 Å². The molecule has 0 saturated heterocycles. The van der Waals surface area contributed by atoms with Gasteiger partial charge in [-0.3, -0.25) is 0 Å². The van der Waals surface area contributed by atoms with E-state index < -0.39 is 11.6 Å². The average Bonchev–Trinajstić information content (AvgIpc) is 1.89. The highest BCUT2D eigenvalue weighted by Gasteiger charge is 2.31. The Morgan fingerprint density at radius 3 is 2.60 bits per heavy atom. The molecule has 0 amide bonds. The van der Waals surface area contributed by atoms with E-state index in [1.54, 1.807) is 6.92 Å². The Balaban J connectivity index is 3.69. The number of hydrogen-bond donors (Lipinski definition) is 1. The van der Waals surface area contributed by atoms with E-state index in [1.165, 1.54) is 0 Å². The Kier molecular flexibility index (Phi) is 4.93. The Morgan fingerprint density at radius 1 is 1.70 bits per heavy atom. The lowest BCUT2D eigenvalue weighted by Crippen LogP contribution is -2.26. The van der Waals surface area contributed by atoms with Crippen LogP contribution in [0.1, 0.15) is 19.8 Å². The molecule has 0 aromatic carbocycles. The maximum Gasteiger partial charge on any atom is 0.257 e. The fourth-order valence-corrected chi connectivity index (χ4v) is 0.984. The molecule has 0 bridgehead atoms. The maximum atomic E-state index is 12.7. The second kappa shape index (κ2) is 4.87. The first-order valence-electron chi connectivity index (χ1n) is 2.93. The number of hydrogen-bond acceptors (Lipinski definition) is 3. The van der Waals surface area contributed by atoms with Crippen LogP contribution < -0.4 is 0 Å². The van der Waals surface area contributed by atoms with Gasteiger partial charge < -0.3 is 4.55 Å². The van der Waals surface area contributed by atoms with Gasteiger partial charge in [-0.2, -0.15) is 4.94 Å². The second-order valence-corrected chi connectivity index (χ2v) is 2.53. The molecule has 5 heteroatoms. The summed E-state index contributed by atoms with van der Waals surface area (Å²) in [5.74, 6) is -2.70. The Hall–Kier alpha value is 0.130. The van der Waals surface area contributed by atoms with Crippen LogP contribution in [0.5, 0.6) is 0 Å². The van der Waals surface area contributed by atoms with Gasteiger partial charge in [0.25, 0.3) is 5.85 Å². The van der Waals surface area contributed by atoms with Crippen molar-refractivity contribution in [1.82, 2.24) is 0 Å². The fourth-order valence-electron chi connectivity index (χ4n) is 0.603. The molecule has 2 nitrogen and oxygen atoms in total. The van der Waals surface area contributed by atoms with Crippen molar-refractivity contribution >= 4 is 12.0 Å². The zero-order chi connectivity index (χ0) is 8.04. The van der Waals surface area contributed by atoms with Crippen LogP contribution in [0.4, 0.5) is 8.92 Å². The van der Waals surface area contributed by atoms with Gasteiger partial charge in [0.1, 0.15) is 0 Å². The van der Waals surface area contributed by atoms with Crippen LogP contribution >= 0.6 is 12.0 Å². The molecule has 1 N–H and O–H groups in total. The molecule has 0 radical (unpaired) electrons. The van der Waals surface area contributed by atoms with E-state index in [9.17, 15) is 8.92 Å². The van der Waals surface area contributed by atoms with Gasteiger partial charge in [-0.25, -0.2) is 4.39 Å². The smallest absolute Gasteiger partial charge is 0.257 e. The molecular formula is C5H10F2O2S. The first-order chi connectivity index (χ1) is 4.68. The van der Waals surface area contributed by atoms with Crippen LogP contribution in [0.25, 0.3) is 0 Å². The number of alkyl halides is 1. The summed E-state index contributed by atoms with van der Waals surface area (Å²) in [5, 5.41) is 0. The topological polar surface area (TPSA) is 29.5 Å². The molecule has 0 aliphatic carbocycles. The van der Waals surface area contributed by atoms with Crippen molar-refractivity contribution in [1.29, 1.82) is 0 Å². The predicted molar refractivity (Wildman–Crippen MR) is 36.0 cm³/mol. The minimum Gasteiger partial charge on any atom is -0.330 e. The quantitative estimate of drug-likeness (QED) is 0.646. The van der Waals surface area contributed by atoms with E-state index in [0.717, 1.165) is 0 Å². The van der Waals surface area contributed by atoms with Crippen LogP contribution in [0, 0.1) is 0 Å². The van der Waals surface area contributed by atoms with Gasteiger partial charge >= 0.3 is 0 Å². The summed E-state index contributed by atoms with van der Waals surface area (Å²) >= 11 is 0.233. The van der Waals surface area contributed by atoms with E-state index in [1.807, 2.05) is 0 Å². The van der Waals surface area contributed by atoms with E-state index in [0.29, 0.717) is 6.42 Å². The van der Waals surface area contributed by atoms with Gasteiger partial charge in [0.05, 0.1) is 5.75 Å². The molecule has 0 aliphatic heterocycles. The minimum atomic E-state index is -2.31. The van der Waals surface area contributed by atoms with Gasteiger partial charge in [-0.15, -0.1) is 0 Å². The molecule has 0 rings (SSSR count). The minimum absolute atomic E-state index is 0.0446. The van der Waals surface area contributed by atoms with Gasteiger partial charge in [0, 0.05) is 6.42 Å². The fraction of sp³-hybridized carbons (Fsp3) is 1.00. The second-order valence-electron chi connectivity index (χ2n) is 1.98. The summed E-state index contributed by atoms with van der Waals surface area (Å²) in [4.78, 5) is 3.07. The Morgan fingerprint density at radius 2 is 2.30 bits per heavy atom. The Bertz CT molecular complexity index is 85.7. The van der Waals surface area contributed by atoms with Crippen molar-refractivity contribution in [2.75, 3.05) is 5.75 Å². The first-order valence-corrected chi connectivity index (χ1v) is 3.88.